The molecule has 1 fully saturated rings. The van der Waals surface area contributed by atoms with Gasteiger partial charge < -0.3 is 18.9 Å². The van der Waals surface area contributed by atoms with Crippen LogP contribution in [-0.4, -0.2) is 28.9 Å². The third kappa shape index (κ3) is 6.52. The smallest absolute Gasteiger partial charge is 0.149 e. The zero-order valence-corrected chi connectivity index (χ0v) is 20.7. The van der Waals surface area contributed by atoms with Crippen molar-refractivity contribution in [3.63, 3.8) is 0 Å². The molecule has 0 spiro atoms. The predicted octanol–water partition coefficient (Wildman–Crippen LogP) is 6.27. The molecule has 5 atom stereocenters. The lowest BCUT2D eigenvalue weighted by molar-refractivity contribution is -0.265. The van der Waals surface area contributed by atoms with Gasteiger partial charge in [0.05, 0.1) is 25.9 Å². The molecule has 3 aromatic rings. The highest BCUT2D eigenvalue weighted by Gasteiger charge is 2.52. The first-order valence-electron chi connectivity index (χ1n) is 11.4. The van der Waals surface area contributed by atoms with E-state index in [0.717, 1.165) is 16.7 Å². The molecule has 33 heavy (non-hydrogen) atoms. The summed E-state index contributed by atoms with van der Waals surface area (Å²) in [6.07, 6.45) is -1.18. The summed E-state index contributed by atoms with van der Waals surface area (Å²) in [6, 6.07) is 30.5. The molecule has 4 rings (SSSR count). The average Bonchev–Trinajstić information content (AvgIpc) is 2.83. The highest BCUT2D eigenvalue weighted by molar-refractivity contribution is 9.10. The lowest BCUT2D eigenvalue weighted by atomic mass is 9.95. The second-order valence-electron chi connectivity index (χ2n) is 8.55. The molecule has 3 aromatic carbocycles. The molecule has 174 valence electrons. The SMILES string of the molecule is C[C@@H]1OC(C)(Br)[C@@H](OCc2ccccc2)[C@H](OCc2ccccc2)[C@@H]1OCc1ccccc1. The molecule has 0 radical (unpaired) electrons. The molecule has 5 heteroatoms. The second-order valence-corrected chi connectivity index (χ2v) is 10.1. The highest BCUT2D eigenvalue weighted by Crippen LogP contribution is 2.40. The van der Waals surface area contributed by atoms with Crippen molar-refractivity contribution in [2.45, 2.75) is 62.6 Å². The van der Waals surface area contributed by atoms with Crippen LogP contribution >= 0.6 is 15.9 Å². The first-order valence-corrected chi connectivity index (χ1v) is 12.2. The quantitative estimate of drug-likeness (QED) is 0.317. The monoisotopic (exact) mass is 510 g/mol. The Bertz CT molecular complexity index is 965. The normalized spacial score (nSPS) is 27.4. The Balaban J connectivity index is 1.55. The van der Waals surface area contributed by atoms with Crippen molar-refractivity contribution < 1.29 is 18.9 Å². The first kappa shape index (κ1) is 24.1. The summed E-state index contributed by atoms with van der Waals surface area (Å²) in [7, 11) is 0. The minimum Gasteiger partial charge on any atom is -0.368 e. The highest BCUT2D eigenvalue weighted by atomic mass is 79.9. The molecule has 0 N–H and O–H groups in total. The molecule has 1 aliphatic rings. The number of benzene rings is 3. The summed E-state index contributed by atoms with van der Waals surface area (Å²) in [5, 5.41) is 0. The molecule has 1 heterocycles. The van der Waals surface area contributed by atoms with Gasteiger partial charge in [0.1, 0.15) is 22.8 Å². The van der Waals surface area contributed by atoms with E-state index in [2.05, 4.69) is 52.3 Å². The Morgan fingerprint density at radius 2 is 1.06 bits per heavy atom. The van der Waals surface area contributed by atoms with E-state index in [1.165, 1.54) is 0 Å². The van der Waals surface area contributed by atoms with E-state index in [-0.39, 0.29) is 24.4 Å². The van der Waals surface area contributed by atoms with Crippen LogP contribution in [0.3, 0.4) is 0 Å². The molecule has 0 aliphatic carbocycles. The molecular formula is C28H31BrO4. The van der Waals surface area contributed by atoms with E-state index >= 15 is 0 Å². The van der Waals surface area contributed by atoms with Crippen molar-refractivity contribution >= 4 is 15.9 Å². The van der Waals surface area contributed by atoms with Crippen molar-refractivity contribution in [3.05, 3.63) is 108 Å². The number of rotatable bonds is 9. The molecule has 0 saturated carbocycles. The van der Waals surface area contributed by atoms with E-state index in [9.17, 15) is 0 Å². The molecule has 4 nitrogen and oxygen atoms in total. The zero-order chi connectivity index (χ0) is 23.1. The van der Waals surface area contributed by atoms with Crippen LogP contribution in [0.4, 0.5) is 0 Å². The lowest BCUT2D eigenvalue weighted by Crippen LogP contribution is -2.62. The van der Waals surface area contributed by atoms with E-state index < -0.39 is 4.51 Å². The Labute approximate surface area is 205 Å². The van der Waals surface area contributed by atoms with Gasteiger partial charge in [0, 0.05) is 0 Å². The van der Waals surface area contributed by atoms with E-state index in [0.29, 0.717) is 19.8 Å². The Morgan fingerprint density at radius 1 is 0.667 bits per heavy atom. The molecule has 1 unspecified atom stereocenters. The van der Waals surface area contributed by atoms with E-state index in [4.69, 9.17) is 18.9 Å². The lowest BCUT2D eigenvalue weighted by Gasteiger charge is -2.48. The largest absolute Gasteiger partial charge is 0.368 e. The van der Waals surface area contributed by atoms with Crippen molar-refractivity contribution in [2.75, 3.05) is 0 Å². The third-order valence-corrected chi connectivity index (χ3v) is 6.49. The van der Waals surface area contributed by atoms with E-state index in [1.807, 2.05) is 68.4 Å². The van der Waals surface area contributed by atoms with Gasteiger partial charge in [0.15, 0.2) is 0 Å². The minimum atomic E-state index is -0.713. The number of alkyl halides is 1. The Kier molecular flexibility index (Phi) is 8.34. The summed E-state index contributed by atoms with van der Waals surface area (Å²) in [4.78, 5) is 0. The van der Waals surface area contributed by atoms with Crippen LogP contribution in [0.25, 0.3) is 0 Å². The van der Waals surface area contributed by atoms with Crippen LogP contribution in [0.1, 0.15) is 30.5 Å². The fourth-order valence-electron chi connectivity index (χ4n) is 4.18. The summed E-state index contributed by atoms with van der Waals surface area (Å²) in [5.74, 6) is 0. The Morgan fingerprint density at radius 3 is 1.52 bits per heavy atom. The number of halogens is 1. The average molecular weight is 511 g/mol. The van der Waals surface area contributed by atoms with Gasteiger partial charge in [-0.3, -0.25) is 0 Å². The minimum absolute atomic E-state index is 0.185. The van der Waals surface area contributed by atoms with Gasteiger partial charge in [-0.2, -0.15) is 0 Å². The van der Waals surface area contributed by atoms with E-state index in [1.54, 1.807) is 0 Å². The predicted molar refractivity (Wildman–Crippen MR) is 133 cm³/mol. The third-order valence-electron chi connectivity index (χ3n) is 5.85. The molecule has 0 bridgehead atoms. The van der Waals surface area contributed by atoms with Gasteiger partial charge in [-0.15, -0.1) is 0 Å². The van der Waals surface area contributed by atoms with Crippen LogP contribution in [0, 0.1) is 0 Å². The first-order chi connectivity index (χ1) is 16.0. The van der Waals surface area contributed by atoms with Gasteiger partial charge in [0.2, 0.25) is 0 Å². The van der Waals surface area contributed by atoms with Crippen molar-refractivity contribution in [1.29, 1.82) is 0 Å². The molecule has 0 amide bonds. The van der Waals surface area contributed by atoms with Gasteiger partial charge in [-0.05, 0) is 30.5 Å². The van der Waals surface area contributed by atoms with Crippen LogP contribution in [-0.2, 0) is 38.8 Å². The van der Waals surface area contributed by atoms with Crippen LogP contribution in [0.15, 0.2) is 91.0 Å². The second kappa shape index (κ2) is 11.4. The fourth-order valence-corrected chi connectivity index (χ4v) is 4.87. The van der Waals surface area contributed by atoms with Gasteiger partial charge in [-0.25, -0.2) is 0 Å². The number of ether oxygens (including phenoxy) is 4. The maximum atomic E-state index is 6.52. The van der Waals surface area contributed by atoms with Gasteiger partial charge >= 0.3 is 0 Å². The van der Waals surface area contributed by atoms with Gasteiger partial charge in [-0.1, -0.05) is 107 Å². The summed E-state index contributed by atoms with van der Waals surface area (Å²) in [5.41, 5.74) is 3.32. The van der Waals surface area contributed by atoms with Crippen LogP contribution < -0.4 is 0 Å². The number of hydrogen-bond donors (Lipinski definition) is 0. The fraction of sp³-hybridized carbons (Fsp3) is 0.357. The van der Waals surface area contributed by atoms with Crippen molar-refractivity contribution in [1.82, 2.24) is 0 Å². The summed E-state index contributed by atoms with van der Waals surface area (Å²) >= 11 is 3.78. The molecular weight excluding hydrogens is 480 g/mol. The maximum Gasteiger partial charge on any atom is 0.149 e. The molecule has 1 saturated heterocycles. The number of hydrogen-bond acceptors (Lipinski definition) is 4. The molecule has 0 aromatic heterocycles. The zero-order valence-electron chi connectivity index (χ0n) is 19.1. The topological polar surface area (TPSA) is 36.9 Å². The van der Waals surface area contributed by atoms with Crippen molar-refractivity contribution in [3.8, 4) is 0 Å². The standard InChI is InChI=1S/C28H31BrO4/c1-21-25(30-18-22-12-6-3-7-13-22)26(31-19-23-14-8-4-9-15-23)27(28(2,29)33-21)32-20-24-16-10-5-11-17-24/h3-17,21,25-27H,18-20H2,1-2H3/t21-,25+,26+,27-,28?/m0/s1. The Hall–Kier alpha value is -2.02. The maximum absolute atomic E-state index is 6.52. The molecule has 1 aliphatic heterocycles. The van der Waals surface area contributed by atoms with Crippen LogP contribution in [0.5, 0.6) is 0 Å². The van der Waals surface area contributed by atoms with Crippen molar-refractivity contribution in [2.24, 2.45) is 0 Å². The van der Waals surface area contributed by atoms with Gasteiger partial charge in [0.25, 0.3) is 0 Å². The van der Waals surface area contributed by atoms with Crippen LogP contribution in [0.2, 0.25) is 0 Å². The summed E-state index contributed by atoms with van der Waals surface area (Å²) < 4.78 is 25.0. The summed E-state index contributed by atoms with van der Waals surface area (Å²) in [6.45, 7) is 5.43.